The molecule has 0 amide bonds. The Morgan fingerprint density at radius 3 is 1.65 bits per heavy atom. The number of hydrogen-bond donors (Lipinski definition) is 0. The zero-order valence-corrected chi connectivity index (χ0v) is 27.9. The second-order valence-electron chi connectivity index (χ2n) is 13.7. The first-order valence-electron chi connectivity index (χ1n) is 17.7. The summed E-state index contributed by atoms with van der Waals surface area (Å²) in [7, 11) is 0. The molecule has 4 nitrogen and oxygen atoms in total. The van der Waals surface area contributed by atoms with Crippen LogP contribution in [0.5, 0.6) is 0 Å². The van der Waals surface area contributed by atoms with Gasteiger partial charge in [0.2, 0.25) is 0 Å². The van der Waals surface area contributed by atoms with Gasteiger partial charge in [0.25, 0.3) is 0 Å². The Balaban J connectivity index is 1.07. The van der Waals surface area contributed by atoms with Gasteiger partial charge in [0.05, 0.1) is 27.8 Å². The van der Waals surface area contributed by atoms with Crippen molar-refractivity contribution in [2.24, 2.45) is 0 Å². The first kappa shape index (κ1) is 27.7. The Morgan fingerprint density at radius 2 is 0.885 bits per heavy atom. The number of benzene rings is 8. The first-order valence-corrected chi connectivity index (χ1v) is 17.7. The number of rotatable bonds is 3. The summed E-state index contributed by atoms with van der Waals surface area (Å²) in [6.45, 7) is 0. The molecular formula is C48H28N2O2. The Hall–Kier alpha value is -7.04. The highest BCUT2D eigenvalue weighted by atomic mass is 16.3. The summed E-state index contributed by atoms with van der Waals surface area (Å²) in [4.78, 5) is 0. The molecule has 242 valence electrons. The van der Waals surface area contributed by atoms with Crippen molar-refractivity contribution in [2.45, 2.75) is 0 Å². The summed E-state index contributed by atoms with van der Waals surface area (Å²) in [5, 5.41) is 9.34. The third-order valence-corrected chi connectivity index (χ3v) is 10.9. The van der Waals surface area contributed by atoms with Gasteiger partial charge in [-0.25, -0.2) is 0 Å². The van der Waals surface area contributed by atoms with Crippen LogP contribution in [0.3, 0.4) is 0 Å². The second-order valence-corrected chi connectivity index (χ2v) is 13.7. The number of fused-ring (bicyclic) bond motifs is 12. The molecule has 0 bridgehead atoms. The van der Waals surface area contributed by atoms with Crippen LogP contribution < -0.4 is 0 Å². The molecule has 0 aliphatic carbocycles. The zero-order valence-electron chi connectivity index (χ0n) is 27.9. The maximum absolute atomic E-state index is 6.78. The molecule has 8 aromatic carbocycles. The monoisotopic (exact) mass is 664 g/mol. The highest BCUT2D eigenvalue weighted by molar-refractivity contribution is 6.15. The lowest BCUT2D eigenvalue weighted by atomic mass is 10.0. The van der Waals surface area contributed by atoms with Crippen molar-refractivity contribution >= 4 is 87.5 Å². The third-order valence-electron chi connectivity index (χ3n) is 10.9. The maximum Gasteiger partial charge on any atom is 0.159 e. The number of aromatic nitrogens is 2. The molecule has 0 radical (unpaired) electrons. The molecular weight excluding hydrogens is 637 g/mol. The van der Waals surface area contributed by atoms with E-state index in [0.29, 0.717) is 0 Å². The number of para-hydroxylation sites is 6. The molecule has 0 atom stereocenters. The van der Waals surface area contributed by atoms with E-state index in [1.165, 1.54) is 32.6 Å². The van der Waals surface area contributed by atoms with Crippen molar-refractivity contribution in [1.82, 2.24) is 9.13 Å². The Morgan fingerprint density at radius 1 is 0.327 bits per heavy atom. The Labute approximate surface area is 296 Å². The Bertz CT molecular complexity index is 3370. The van der Waals surface area contributed by atoms with Gasteiger partial charge >= 0.3 is 0 Å². The summed E-state index contributed by atoms with van der Waals surface area (Å²) in [6, 6.07) is 60.5. The van der Waals surface area contributed by atoms with Crippen LogP contribution >= 0.6 is 0 Å². The van der Waals surface area contributed by atoms with Gasteiger partial charge in [-0.2, -0.15) is 0 Å². The smallest absolute Gasteiger partial charge is 0.159 e. The summed E-state index contributed by atoms with van der Waals surface area (Å²) in [5.74, 6) is 0. The van der Waals surface area contributed by atoms with Crippen LogP contribution in [0, 0.1) is 0 Å². The van der Waals surface area contributed by atoms with E-state index in [-0.39, 0.29) is 0 Å². The van der Waals surface area contributed by atoms with E-state index in [1.54, 1.807) is 0 Å². The van der Waals surface area contributed by atoms with Crippen LogP contribution in [0.1, 0.15) is 0 Å². The second kappa shape index (κ2) is 10.3. The summed E-state index contributed by atoms with van der Waals surface area (Å²) < 4.78 is 17.9. The topological polar surface area (TPSA) is 36.1 Å². The predicted molar refractivity (Wildman–Crippen MR) is 215 cm³/mol. The lowest BCUT2D eigenvalue weighted by Crippen LogP contribution is -1.94. The first-order chi connectivity index (χ1) is 25.8. The van der Waals surface area contributed by atoms with Gasteiger partial charge in [-0.05, 0) is 66.2 Å². The van der Waals surface area contributed by atoms with Crippen molar-refractivity contribution in [1.29, 1.82) is 0 Å². The minimum Gasteiger partial charge on any atom is -0.455 e. The SMILES string of the molecule is c1ccc2c(c1)oc1c(-c3ccc4c(c3)c3ccccc3n4-c3cccc4c3oc3ccc(-n5c6ccccc6c6ccccc65)cc34)cccc12. The molecule has 0 spiro atoms. The summed E-state index contributed by atoms with van der Waals surface area (Å²) in [6.07, 6.45) is 0. The average molecular weight is 665 g/mol. The fraction of sp³-hybridized carbons (Fsp3) is 0. The number of nitrogens with zero attached hydrogens (tertiary/aromatic N) is 2. The molecule has 0 fully saturated rings. The van der Waals surface area contributed by atoms with Crippen molar-refractivity contribution in [2.75, 3.05) is 0 Å². The van der Waals surface area contributed by atoms with E-state index in [9.17, 15) is 0 Å². The summed E-state index contributed by atoms with van der Waals surface area (Å²) in [5.41, 5.74) is 12.6. The maximum atomic E-state index is 6.78. The largest absolute Gasteiger partial charge is 0.455 e. The lowest BCUT2D eigenvalue weighted by Gasteiger charge is -2.09. The standard InChI is InChI=1S/C48H28N2O2/c1-5-18-40-32(11-1)33-12-2-6-19-41(33)49(40)30-24-26-46-39(28-30)37-17-10-21-44(48(37)52-46)50-42-20-7-3-13-34(42)38-27-29(23-25-43(38)50)31-15-9-16-36-35-14-4-8-22-45(35)51-47(31)36/h1-28H. The van der Waals surface area contributed by atoms with E-state index in [0.717, 1.165) is 77.4 Å². The van der Waals surface area contributed by atoms with E-state index < -0.39 is 0 Å². The molecule has 0 unspecified atom stereocenters. The normalized spacial score (nSPS) is 12.2. The van der Waals surface area contributed by atoms with Gasteiger partial charge < -0.3 is 18.0 Å². The fourth-order valence-corrected chi connectivity index (χ4v) is 8.66. The molecule has 52 heavy (non-hydrogen) atoms. The summed E-state index contributed by atoms with van der Waals surface area (Å²) >= 11 is 0. The minimum atomic E-state index is 0.869. The molecule has 12 rings (SSSR count). The van der Waals surface area contributed by atoms with Crippen LogP contribution in [0.25, 0.3) is 110 Å². The fourth-order valence-electron chi connectivity index (χ4n) is 8.66. The van der Waals surface area contributed by atoms with E-state index in [1.807, 2.05) is 12.1 Å². The van der Waals surface area contributed by atoms with Gasteiger partial charge in [0, 0.05) is 54.3 Å². The van der Waals surface area contributed by atoms with Crippen molar-refractivity contribution in [3.8, 4) is 22.5 Å². The van der Waals surface area contributed by atoms with Gasteiger partial charge in [0.1, 0.15) is 16.7 Å². The van der Waals surface area contributed by atoms with Crippen molar-refractivity contribution in [3.05, 3.63) is 170 Å². The average Bonchev–Trinajstić information content (AvgIpc) is 3.95. The van der Waals surface area contributed by atoms with E-state index in [4.69, 9.17) is 8.83 Å². The van der Waals surface area contributed by atoms with Crippen LogP contribution in [0.15, 0.2) is 179 Å². The van der Waals surface area contributed by atoms with Crippen molar-refractivity contribution in [3.63, 3.8) is 0 Å². The molecule has 12 aromatic rings. The molecule has 4 heteroatoms. The third kappa shape index (κ3) is 3.70. The lowest BCUT2D eigenvalue weighted by molar-refractivity contribution is 0.666. The zero-order chi connectivity index (χ0) is 33.9. The van der Waals surface area contributed by atoms with Gasteiger partial charge in [-0.15, -0.1) is 0 Å². The van der Waals surface area contributed by atoms with Crippen LogP contribution in [0.2, 0.25) is 0 Å². The number of furan rings is 2. The van der Waals surface area contributed by atoms with Gasteiger partial charge in [-0.1, -0.05) is 109 Å². The molecule has 0 N–H and O–H groups in total. The predicted octanol–water partition coefficient (Wildman–Crippen LogP) is 13.3. The van der Waals surface area contributed by atoms with E-state index in [2.05, 4.69) is 167 Å². The van der Waals surface area contributed by atoms with Crippen LogP contribution in [-0.4, -0.2) is 9.13 Å². The molecule has 0 aliphatic rings. The highest BCUT2D eigenvalue weighted by Gasteiger charge is 2.20. The molecule has 0 saturated carbocycles. The Kier molecular flexibility index (Phi) is 5.47. The molecule has 4 aromatic heterocycles. The molecule has 0 aliphatic heterocycles. The molecule has 0 saturated heterocycles. The van der Waals surface area contributed by atoms with E-state index >= 15 is 0 Å². The van der Waals surface area contributed by atoms with Crippen LogP contribution in [0.4, 0.5) is 0 Å². The quantitative estimate of drug-likeness (QED) is 0.188. The number of hydrogen-bond acceptors (Lipinski definition) is 2. The van der Waals surface area contributed by atoms with Gasteiger partial charge in [0.15, 0.2) is 5.58 Å². The highest BCUT2D eigenvalue weighted by Crippen LogP contribution is 2.42. The minimum absolute atomic E-state index is 0.869. The van der Waals surface area contributed by atoms with Gasteiger partial charge in [-0.3, -0.25) is 0 Å². The van der Waals surface area contributed by atoms with Crippen molar-refractivity contribution < 1.29 is 8.83 Å². The molecule has 4 heterocycles. The van der Waals surface area contributed by atoms with Crippen LogP contribution in [-0.2, 0) is 0 Å².